The van der Waals surface area contributed by atoms with Crippen LogP contribution in [0.5, 0.6) is 0 Å². The molecular weight excluding hydrogens is 931 g/mol. The van der Waals surface area contributed by atoms with E-state index in [9.17, 15) is 47.2 Å². The monoisotopic (exact) mass is 1010 g/mol. The first-order valence-electron chi connectivity index (χ1n) is 25.1. The van der Waals surface area contributed by atoms with Crippen molar-refractivity contribution in [2.75, 3.05) is 27.9 Å². The van der Waals surface area contributed by atoms with Gasteiger partial charge in [0, 0.05) is 58.5 Å². The van der Waals surface area contributed by atoms with Crippen molar-refractivity contribution in [2.45, 2.75) is 192 Å². The third-order valence-corrected chi connectivity index (χ3v) is 15.8. The molecule has 5 aliphatic rings. The molecule has 0 aromatic carbocycles. The predicted molar refractivity (Wildman–Crippen MR) is 255 cm³/mol. The number of aliphatic hydroxyl groups is 2. The van der Waals surface area contributed by atoms with Crippen LogP contribution in [0.1, 0.15) is 126 Å². The predicted octanol–water partition coefficient (Wildman–Crippen LogP) is 5.22. The van der Waals surface area contributed by atoms with Crippen molar-refractivity contribution in [3.8, 4) is 0 Å². The second kappa shape index (κ2) is 25.1. The number of amides is 1. The van der Waals surface area contributed by atoms with Crippen LogP contribution in [-0.4, -0.2) is 152 Å². The van der Waals surface area contributed by atoms with Crippen LogP contribution in [0.4, 0.5) is 0 Å². The van der Waals surface area contributed by atoms with Gasteiger partial charge >= 0.3 is 16.4 Å². The number of nitrogens with zero attached hydrogens (tertiary/aromatic N) is 1. The fraction of sp³-hybridized carbons (Fsp3) is 0.784. The highest BCUT2D eigenvalue weighted by Gasteiger charge is 2.53. The molecule has 18 nitrogen and oxygen atoms in total. The minimum atomic E-state index is -4.74. The summed E-state index contributed by atoms with van der Waals surface area (Å²) in [4.78, 5) is 72.2. The molecule has 0 spiro atoms. The largest absolute Gasteiger partial charge is 0.460 e. The fourth-order valence-electron chi connectivity index (χ4n) is 10.8. The highest BCUT2D eigenvalue weighted by atomic mass is 32.3. The molecular formula is C51H79NO17S. The first-order chi connectivity index (χ1) is 32.9. The number of aliphatic hydroxyl groups excluding tert-OH is 1. The number of ether oxygens (including phenoxy) is 6. The summed E-state index contributed by atoms with van der Waals surface area (Å²) in [6.45, 7) is 12.4. The van der Waals surface area contributed by atoms with Crippen molar-refractivity contribution in [3.63, 3.8) is 0 Å². The van der Waals surface area contributed by atoms with Gasteiger partial charge in [-0.05, 0) is 107 Å². The molecule has 396 valence electrons. The Balaban J connectivity index is 1.46. The van der Waals surface area contributed by atoms with Crippen molar-refractivity contribution < 1.29 is 79.8 Å². The van der Waals surface area contributed by atoms with E-state index in [0.29, 0.717) is 56.9 Å². The van der Waals surface area contributed by atoms with E-state index in [4.69, 9.17) is 32.6 Å². The summed E-state index contributed by atoms with van der Waals surface area (Å²) in [6.07, 6.45) is 4.72. The molecule has 16 unspecified atom stereocenters. The Morgan fingerprint density at radius 3 is 2.21 bits per heavy atom. The second-order valence-corrected chi connectivity index (χ2v) is 21.8. The summed E-state index contributed by atoms with van der Waals surface area (Å²) < 4.78 is 72.7. The topological polar surface area (TPSA) is 251 Å². The summed E-state index contributed by atoms with van der Waals surface area (Å²) in [5.74, 6) is -8.87. The van der Waals surface area contributed by atoms with Crippen LogP contribution in [0.2, 0.25) is 0 Å². The van der Waals surface area contributed by atoms with Crippen LogP contribution >= 0.6 is 0 Å². The van der Waals surface area contributed by atoms with E-state index in [0.717, 1.165) is 10.5 Å². The Kier molecular flexibility index (Phi) is 20.7. The molecule has 1 saturated carbocycles. The average molecular weight is 1010 g/mol. The SMILES string of the molecule is COC1CC2CCC(C)[C@@](O)(O2)C(=O)C(=O)N2CCCCC2C(=O)OC(C(C)CC2CCC(OS(=O)(=O)O)C(OC)C2)CC(=O)C(C)/C=C(\C)C(O)C(OC)C(=O)C(C)CC(C)/C=C\C2OC2/C=C\1C. The quantitative estimate of drug-likeness (QED) is 0.0927. The number of hydrogen-bond acceptors (Lipinski definition) is 16. The van der Waals surface area contributed by atoms with Crippen LogP contribution in [0, 0.1) is 35.5 Å². The maximum absolute atomic E-state index is 14.5. The van der Waals surface area contributed by atoms with Gasteiger partial charge in [-0.3, -0.25) is 23.7 Å². The molecule has 70 heavy (non-hydrogen) atoms. The maximum Gasteiger partial charge on any atom is 0.397 e. The lowest BCUT2D eigenvalue weighted by atomic mass is 9.78. The Morgan fingerprint density at radius 1 is 0.843 bits per heavy atom. The van der Waals surface area contributed by atoms with Gasteiger partial charge in [-0.2, -0.15) is 8.42 Å². The van der Waals surface area contributed by atoms with Crippen molar-refractivity contribution in [1.29, 1.82) is 0 Å². The molecule has 1 amide bonds. The fourth-order valence-corrected chi connectivity index (χ4v) is 11.4. The highest BCUT2D eigenvalue weighted by Crippen LogP contribution is 2.39. The van der Waals surface area contributed by atoms with E-state index in [-0.39, 0.29) is 67.8 Å². The van der Waals surface area contributed by atoms with Gasteiger partial charge in [0.2, 0.25) is 5.79 Å². The lowest BCUT2D eigenvalue weighted by molar-refractivity contribution is -0.265. The lowest BCUT2D eigenvalue weighted by Gasteiger charge is -2.42. The number of hydrogen-bond donors (Lipinski definition) is 3. The summed E-state index contributed by atoms with van der Waals surface area (Å²) in [7, 11) is -0.422. The minimum Gasteiger partial charge on any atom is -0.460 e. The zero-order valence-electron chi connectivity index (χ0n) is 42.7. The Hall–Kier alpha value is -3.24. The van der Waals surface area contributed by atoms with Gasteiger partial charge in [-0.25, -0.2) is 8.98 Å². The number of rotatable bonds is 8. The molecule has 17 atom stereocenters. The van der Waals surface area contributed by atoms with E-state index in [1.54, 1.807) is 40.9 Å². The number of cyclic esters (lactones) is 1. The van der Waals surface area contributed by atoms with Crippen molar-refractivity contribution in [1.82, 2.24) is 4.90 Å². The van der Waals surface area contributed by atoms with E-state index in [2.05, 4.69) is 0 Å². The molecule has 3 N–H and O–H groups in total. The van der Waals surface area contributed by atoms with Gasteiger partial charge in [0.25, 0.3) is 11.7 Å². The number of Topliss-reactive ketones (excluding diaryl/α,β-unsaturated/α-hetero) is 3. The van der Waals surface area contributed by atoms with E-state index in [1.807, 2.05) is 39.0 Å². The van der Waals surface area contributed by atoms with Gasteiger partial charge in [0.15, 0.2) is 5.78 Å². The molecule has 1 aliphatic carbocycles. The van der Waals surface area contributed by atoms with Gasteiger partial charge in [0.05, 0.1) is 18.3 Å². The van der Waals surface area contributed by atoms with Crippen molar-refractivity contribution >= 4 is 39.6 Å². The highest BCUT2D eigenvalue weighted by molar-refractivity contribution is 7.80. The Bertz CT molecular complexity index is 2060. The van der Waals surface area contributed by atoms with E-state index >= 15 is 0 Å². The molecule has 0 radical (unpaired) electrons. The molecule has 4 fully saturated rings. The van der Waals surface area contributed by atoms with E-state index < -0.39 is 106 Å². The zero-order valence-corrected chi connectivity index (χ0v) is 43.5. The molecule has 5 rings (SSSR count). The standard InChI is InChI=1S/C51H79NO17S/c1-28-14-18-39-44(66-39)24-31(4)41(63-8)26-36-17-15-34(7)51(59,68-36)48(56)49(57)52-20-12-11-13-37(52)50(58)67-42(30(3)23-35-16-19-40(43(25-35)64-9)69-70(60,61)62)27-38(53)29(2)22-33(6)46(55)47(65-10)45(54)32(5)21-28/h14,18,22,24,28-30,32,34-37,39-44,46-47,55,59H,11-13,15-17,19-21,23,25-27H2,1-10H3,(H,60,61,62)/b18-14-,31-24-,33-22+/t28?,29?,30?,32?,34?,35?,36?,37?,39?,40?,41?,42?,43?,44?,46?,47?,51-/m1/s1. The van der Waals surface area contributed by atoms with Crippen LogP contribution in [0.25, 0.3) is 0 Å². The van der Waals surface area contributed by atoms with Crippen LogP contribution in [0.3, 0.4) is 0 Å². The normalized spacial score (nSPS) is 41.0. The second-order valence-electron chi connectivity index (χ2n) is 20.8. The number of carbonyl (C=O) groups is 5. The minimum absolute atomic E-state index is 0.0273. The van der Waals surface area contributed by atoms with Crippen LogP contribution in [-0.2, 0) is 67.0 Å². The molecule has 4 heterocycles. The first-order valence-corrected chi connectivity index (χ1v) is 26.4. The number of epoxide rings is 1. The Morgan fingerprint density at radius 2 is 1.56 bits per heavy atom. The summed E-state index contributed by atoms with van der Waals surface area (Å²) in [6, 6.07) is -1.21. The third-order valence-electron chi connectivity index (χ3n) is 15.3. The molecule has 19 heteroatoms. The lowest BCUT2D eigenvalue weighted by Crippen LogP contribution is -2.61. The van der Waals surface area contributed by atoms with E-state index in [1.165, 1.54) is 14.2 Å². The third kappa shape index (κ3) is 14.9. The van der Waals surface area contributed by atoms with Gasteiger partial charge in [-0.15, -0.1) is 0 Å². The van der Waals surface area contributed by atoms with Crippen molar-refractivity contribution in [3.05, 3.63) is 35.5 Å². The van der Waals surface area contributed by atoms with Crippen LogP contribution < -0.4 is 0 Å². The number of esters is 1. The smallest absolute Gasteiger partial charge is 0.397 e. The number of allylic oxidation sites excluding steroid dienone is 2. The van der Waals surface area contributed by atoms with Crippen molar-refractivity contribution in [2.24, 2.45) is 35.5 Å². The molecule has 0 aromatic heterocycles. The summed E-state index contributed by atoms with van der Waals surface area (Å²) in [5.41, 5.74) is 1.19. The molecule has 2 bridgehead atoms. The zero-order chi connectivity index (χ0) is 51.8. The number of ketones is 3. The molecule has 4 aliphatic heterocycles. The summed E-state index contributed by atoms with van der Waals surface area (Å²) in [5, 5.41) is 23.5. The van der Waals surface area contributed by atoms with Gasteiger partial charge in [0.1, 0.15) is 48.4 Å². The number of carbonyl (C=O) groups excluding carboxylic acids is 5. The van der Waals surface area contributed by atoms with Gasteiger partial charge in [-0.1, -0.05) is 58.9 Å². The number of methoxy groups -OCH3 is 3. The number of fused-ring (bicyclic) bond motifs is 4. The first kappa shape index (κ1) is 57.7. The van der Waals surface area contributed by atoms with Crippen LogP contribution in [0.15, 0.2) is 35.5 Å². The Labute approximate surface area is 414 Å². The molecule has 0 aromatic rings. The average Bonchev–Trinajstić information content (AvgIpc) is 4.06. The number of piperidine rings is 1. The summed E-state index contributed by atoms with van der Waals surface area (Å²) >= 11 is 0. The maximum atomic E-state index is 14.5. The molecule has 3 saturated heterocycles. The van der Waals surface area contributed by atoms with Gasteiger partial charge < -0.3 is 43.5 Å².